The molecule has 1 aromatic carbocycles. The number of nitrogens with two attached hydrogens (primary N) is 1. The van der Waals surface area contributed by atoms with Crippen molar-refractivity contribution in [2.24, 2.45) is 5.73 Å². The lowest BCUT2D eigenvalue weighted by atomic mass is 9.95. The van der Waals surface area contributed by atoms with Gasteiger partial charge in [-0.15, -0.1) is 0 Å². The number of ether oxygens (including phenoxy) is 2. The molecule has 0 bridgehead atoms. The molecule has 0 atom stereocenters. The third-order valence-corrected chi connectivity index (χ3v) is 3.73. The van der Waals surface area contributed by atoms with Gasteiger partial charge in [-0.25, -0.2) is 0 Å². The van der Waals surface area contributed by atoms with Crippen LogP contribution in [0.3, 0.4) is 0 Å². The lowest BCUT2D eigenvalue weighted by Gasteiger charge is -2.19. The number of aromatic nitrogens is 2. The highest BCUT2D eigenvalue weighted by Gasteiger charge is 2.24. The fourth-order valence-corrected chi connectivity index (χ4v) is 2.81. The molecule has 0 radical (unpaired) electrons. The molecular formula is C14H18BrN3O3. The lowest BCUT2D eigenvalue weighted by molar-refractivity contribution is 0.350. The topological polar surface area (TPSA) is 83.4 Å². The Morgan fingerprint density at radius 3 is 2.52 bits per heavy atom. The van der Waals surface area contributed by atoms with Crippen molar-refractivity contribution in [2.75, 3.05) is 14.2 Å². The molecular weight excluding hydrogens is 338 g/mol. The Hall–Kier alpha value is -1.60. The van der Waals surface area contributed by atoms with E-state index in [9.17, 15) is 0 Å². The van der Waals surface area contributed by atoms with Crippen molar-refractivity contribution in [3.63, 3.8) is 0 Å². The van der Waals surface area contributed by atoms with Crippen LogP contribution in [0, 0.1) is 0 Å². The minimum Gasteiger partial charge on any atom is -0.493 e. The molecule has 0 aliphatic carbocycles. The van der Waals surface area contributed by atoms with Gasteiger partial charge in [-0.2, -0.15) is 4.98 Å². The van der Waals surface area contributed by atoms with Gasteiger partial charge in [0.1, 0.15) is 0 Å². The monoisotopic (exact) mass is 355 g/mol. The predicted molar refractivity (Wildman–Crippen MR) is 82.5 cm³/mol. The van der Waals surface area contributed by atoms with Crippen LogP contribution in [0.2, 0.25) is 0 Å². The van der Waals surface area contributed by atoms with Crippen molar-refractivity contribution in [1.29, 1.82) is 0 Å². The summed E-state index contributed by atoms with van der Waals surface area (Å²) in [6, 6.07) is 1.83. The molecule has 2 aromatic rings. The van der Waals surface area contributed by atoms with E-state index in [2.05, 4.69) is 39.9 Å². The summed E-state index contributed by atoms with van der Waals surface area (Å²) in [6.45, 7) is 4.34. The molecule has 1 heterocycles. The SMILES string of the molecule is COc1cc(Br)c(-c2noc(CN)n2)c(C(C)C)c1OC. The zero-order valence-corrected chi connectivity index (χ0v) is 14.0. The highest BCUT2D eigenvalue weighted by atomic mass is 79.9. The third-order valence-electron chi connectivity index (χ3n) is 3.10. The highest BCUT2D eigenvalue weighted by molar-refractivity contribution is 9.10. The van der Waals surface area contributed by atoms with Crippen LogP contribution >= 0.6 is 15.9 Å². The highest BCUT2D eigenvalue weighted by Crippen LogP contribution is 2.45. The Kier molecular flexibility index (Phi) is 4.84. The molecule has 0 fully saturated rings. The van der Waals surface area contributed by atoms with Crippen molar-refractivity contribution in [2.45, 2.75) is 26.3 Å². The van der Waals surface area contributed by atoms with E-state index in [4.69, 9.17) is 19.7 Å². The Balaban J connectivity index is 2.74. The Morgan fingerprint density at radius 1 is 1.33 bits per heavy atom. The number of nitrogens with zero attached hydrogens (tertiary/aromatic N) is 2. The molecule has 0 unspecified atom stereocenters. The maximum Gasteiger partial charge on any atom is 0.240 e. The van der Waals surface area contributed by atoms with E-state index in [1.165, 1.54) is 0 Å². The maximum absolute atomic E-state index is 5.53. The van der Waals surface area contributed by atoms with E-state index in [0.717, 1.165) is 15.6 Å². The van der Waals surface area contributed by atoms with Gasteiger partial charge >= 0.3 is 0 Å². The van der Waals surface area contributed by atoms with Crippen LogP contribution in [0.1, 0.15) is 31.2 Å². The second-order valence-electron chi connectivity index (χ2n) is 4.75. The number of hydrogen-bond acceptors (Lipinski definition) is 6. The van der Waals surface area contributed by atoms with Gasteiger partial charge in [0.25, 0.3) is 0 Å². The van der Waals surface area contributed by atoms with Crippen LogP contribution in [0.25, 0.3) is 11.4 Å². The molecule has 0 spiro atoms. The summed E-state index contributed by atoms with van der Waals surface area (Å²) in [7, 11) is 3.22. The standard InChI is InChI=1S/C14H18BrN3O3/c1-7(2)11-12(14-17-10(6-16)21-18-14)8(15)5-9(19-3)13(11)20-4/h5,7H,6,16H2,1-4H3. The van der Waals surface area contributed by atoms with E-state index in [0.29, 0.717) is 23.2 Å². The summed E-state index contributed by atoms with van der Waals surface area (Å²) in [5.74, 6) is 2.37. The van der Waals surface area contributed by atoms with Gasteiger partial charge in [-0.1, -0.05) is 19.0 Å². The molecule has 7 heteroatoms. The minimum absolute atomic E-state index is 0.182. The summed E-state index contributed by atoms with van der Waals surface area (Å²) in [5, 5.41) is 4.00. The van der Waals surface area contributed by atoms with Crippen LogP contribution < -0.4 is 15.2 Å². The molecule has 0 aliphatic heterocycles. The number of rotatable bonds is 5. The van der Waals surface area contributed by atoms with Gasteiger partial charge in [0.2, 0.25) is 11.7 Å². The first-order valence-corrected chi connectivity index (χ1v) is 7.30. The van der Waals surface area contributed by atoms with E-state index < -0.39 is 0 Å². The number of benzene rings is 1. The summed E-state index contributed by atoms with van der Waals surface area (Å²) < 4.78 is 16.8. The van der Waals surface area contributed by atoms with Gasteiger partial charge in [0.15, 0.2) is 11.5 Å². The summed E-state index contributed by atoms with van der Waals surface area (Å²) in [6.07, 6.45) is 0. The van der Waals surface area contributed by atoms with E-state index in [-0.39, 0.29) is 12.5 Å². The maximum atomic E-state index is 5.53. The van der Waals surface area contributed by atoms with Crippen LogP contribution in [0.5, 0.6) is 11.5 Å². The quantitative estimate of drug-likeness (QED) is 0.886. The van der Waals surface area contributed by atoms with Crippen molar-refractivity contribution in [3.05, 3.63) is 22.0 Å². The van der Waals surface area contributed by atoms with Crippen molar-refractivity contribution >= 4 is 15.9 Å². The lowest BCUT2D eigenvalue weighted by Crippen LogP contribution is -2.03. The summed E-state index contributed by atoms with van der Waals surface area (Å²) in [4.78, 5) is 4.30. The van der Waals surface area contributed by atoms with Gasteiger partial charge in [0, 0.05) is 15.6 Å². The molecule has 0 aliphatic rings. The molecule has 2 rings (SSSR count). The van der Waals surface area contributed by atoms with Crippen molar-refractivity contribution < 1.29 is 14.0 Å². The average molecular weight is 356 g/mol. The molecule has 1 aromatic heterocycles. The molecule has 21 heavy (non-hydrogen) atoms. The molecule has 0 saturated heterocycles. The minimum atomic E-state index is 0.182. The molecule has 0 saturated carbocycles. The smallest absolute Gasteiger partial charge is 0.240 e. The van der Waals surface area contributed by atoms with E-state index >= 15 is 0 Å². The molecule has 2 N–H and O–H groups in total. The number of methoxy groups -OCH3 is 2. The largest absolute Gasteiger partial charge is 0.493 e. The van der Waals surface area contributed by atoms with E-state index in [1.807, 2.05) is 6.07 Å². The Bertz CT molecular complexity index is 641. The van der Waals surface area contributed by atoms with Crippen LogP contribution in [-0.2, 0) is 6.54 Å². The fraction of sp³-hybridized carbons (Fsp3) is 0.429. The summed E-state index contributed by atoms with van der Waals surface area (Å²) in [5.41, 5.74) is 7.30. The van der Waals surface area contributed by atoms with Gasteiger partial charge in [-0.05, 0) is 27.9 Å². The first kappa shape index (κ1) is 15.8. The van der Waals surface area contributed by atoms with Crippen LogP contribution in [-0.4, -0.2) is 24.4 Å². The molecule has 114 valence electrons. The van der Waals surface area contributed by atoms with E-state index in [1.54, 1.807) is 14.2 Å². The summed E-state index contributed by atoms with van der Waals surface area (Å²) >= 11 is 3.55. The first-order valence-electron chi connectivity index (χ1n) is 6.50. The van der Waals surface area contributed by atoms with Crippen molar-refractivity contribution in [1.82, 2.24) is 10.1 Å². The second kappa shape index (κ2) is 6.44. The molecule has 0 amide bonds. The number of halogens is 1. The number of hydrogen-bond donors (Lipinski definition) is 1. The predicted octanol–water partition coefficient (Wildman–Crippen LogP) is 3.10. The van der Waals surface area contributed by atoms with Gasteiger partial charge in [-0.3, -0.25) is 0 Å². The van der Waals surface area contributed by atoms with Crippen molar-refractivity contribution in [3.8, 4) is 22.9 Å². The first-order chi connectivity index (χ1) is 10.0. The fourth-order valence-electron chi connectivity index (χ4n) is 2.21. The zero-order chi connectivity index (χ0) is 15.6. The zero-order valence-electron chi connectivity index (χ0n) is 12.4. The second-order valence-corrected chi connectivity index (χ2v) is 5.61. The van der Waals surface area contributed by atoms with Gasteiger partial charge < -0.3 is 19.7 Å². The molecule has 6 nitrogen and oxygen atoms in total. The Morgan fingerprint density at radius 2 is 2.05 bits per heavy atom. The normalized spacial score (nSPS) is 11.0. The van der Waals surface area contributed by atoms with Crippen LogP contribution in [0.15, 0.2) is 15.1 Å². The Labute approximate surface area is 131 Å². The van der Waals surface area contributed by atoms with Gasteiger partial charge in [0.05, 0.1) is 20.8 Å². The van der Waals surface area contributed by atoms with Crippen LogP contribution in [0.4, 0.5) is 0 Å². The third kappa shape index (κ3) is 2.89. The average Bonchev–Trinajstić information content (AvgIpc) is 2.94.